The Labute approximate surface area is 135 Å². The fraction of sp³-hybridized carbons (Fsp3) is 0.294. The first-order chi connectivity index (χ1) is 11.0. The Morgan fingerprint density at radius 2 is 1.83 bits per heavy atom. The van der Waals surface area contributed by atoms with Crippen LogP contribution in [0.4, 0.5) is 4.39 Å². The van der Waals surface area contributed by atoms with E-state index in [2.05, 4.69) is 0 Å². The van der Waals surface area contributed by atoms with E-state index in [1.807, 2.05) is 19.0 Å². The molecule has 2 rings (SSSR count). The number of likely N-dealkylation sites (N-methyl/N-ethyl adjacent to an activating group) is 1. The van der Waals surface area contributed by atoms with Crippen molar-refractivity contribution in [1.82, 2.24) is 9.80 Å². The number of nitrogens with zero attached hydrogens (tertiary/aromatic N) is 3. The zero-order valence-electron chi connectivity index (χ0n) is 13.3. The Morgan fingerprint density at radius 1 is 1.13 bits per heavy atom. The second-order valence-corrected chi connectivity index (χ2v) is 5.57. The van der Waals surface area contributed by atoms with Crippen LogP contribution in [0.3, 0.4) is 0 Å². The molecule has 0 atom stereocenters. The lowest BCUT2D eigenvalue weighted by Crippen LogP contribution is -2.43. The van der Waals surface area contributed by atoms with Crippen molar-refractivity contribution < 1.29 is 13.9 Å². The van der Waals surface area contributed by atoms with Gasteiger partial charge in [-0.1, -0.05) is 12.1 Å². The predicted octanol–water partition coefficient (Wildman–Crippen LogP) is 1.66. The Bertz CT molecular complexity index is 659. The van der Waals surface area contributed by atoms with E-state index < -0.39 is 0 Å². The topological polar surface area (TPSA) is 50.5 Å². The molecule has 0 spiro atoms. The normalized spacial score (nSPS) is 10.8. The molecule has 5 nitrogen and oxygen atoms in total. The lowest BCUT2D eigenvalue weighted by atomic mass is 10.2. The van der Waals surface area contributed by atoms with Crippen molar-refractivity contribution >= 4 is 5.91 Å². The van der Waals surface area contributed by atoms with E-state index >= 15 is 0 Å². The molecule has 0 N–H and O–H groups in total. The summed E-state index contributed by atoms with van der Waals surface area (Å²) in [5.74, 6) is -0.660. The van der Waals surface area contributed by atoms with Crippen LogP contribution in [0.5, 0.6) is 0 Å². The molecule has 0 unspecified atom stereocenters. The number of aromatic nitrogens is 1. The van der Waals surface area contributed by atoms with Gasteiger partial charge in [0.2, 0.25) is 0 Å². The van der Waals surface area contributed by atoms with Crippen LogP contribution in [0, 0.1) is 11.0 Å². The Kier molecular flexibility index (Phi) is 5.65. The maximum absolute atomic E-state index is 13.0. The smallest absolute Gasteiger partial charge is 0.320 e. The molecule has 0 saturated carbocycles. The van der Waals surface area contributed by atoms with Crippen molar-refractivity contribution in [2.24, 2.45) is 0 Å². The van der Waals surface area contributed by atoms with Crippen LogP contribution in [0.1, 0.15) is 16.1 Å². The van der Waals surface area contributed by atoms with Crippen LogP contribution < -0.4 is 4.73 Å². The highest BCUT2D eigenvalue weighted by molar-refractivity contribution is 5.90. The van der Waals surface area contributed by atoms with Gasteiger partial charge in [0.25, 0.3) is 5.69 Å². The van der Waals surface area contributed by atoms with Gasteiger partial charge >= 0.3 is 5.91 Å². The quantitative estimate of drug-likeness (QED) is 0.601. The summed E-state index contributed by atoms with van der Waals surface area (Å²) in [7, 11) is 3.83. The summed E-state index contributed by atoms with van der Waals surface area (Å²) in [5.41, 5.74) is 0.889. The van der Waals surface area contributed by atoms with E-state index in [0.29, 0.717) is 24.4 Å². The van der Waals surface area contributed by atoms with Crippen molar-refractivity contribution in [2.45, 2.75) is 6.54 Å². The minimum Gasteiger partial charge on any atom is -0.618 e. The number of carbonyl (C=O) groups is 1. The maximum Gasteiger partial charge on any atom is 0.320 e. The molecule has 0 fully saturated rings. The van der Waals surface area contributed by atoms with E-state index in [4.69, 9.17) is 0 Å². The van der Waals surface area contributed by atoms with Gasteiger partial charge in [0.05, 0.1) is 0 Å². The number of pyridine rings is 1. The van der Waals surface area contributed by atoms with Gasteiger partial charge < -0.3 is 15.0 Å². The van der Waals surface area contributed by atoms with Gasteiger partial charge in [0, 0.05) is 31.8 Å². The molecule has 2 aromatic rings. The number of amides is 1. The third-order valence-corrected chi connectivity index (χ3v) is 3.43. The summed E-state index contributed by atoms with van der Waals surface area (Å²) < 4.78 is 13.6. The average Bonchev–Trinajstić information content (AvgIpc) is 2.53. The number of halogens is 1. The molecule has 0 saturated heterocycles. The van der Waals surface area contributed by atoms with E-state index in [0.717, 1.165) is 5.56 Å². The van der Waals surface area contributed by atoms with Crippen LogP contribution >= 0.6 is 0 Å². The summed E-state index contributed by atoms with van der Waals surface area (Å²) in [6.45, 7) is 1.46. The molecular formula is C17H20FN3O2. The van der Waals surface area contributed by atoms with Gasteiger partial charge in [-0.3, -0.25) is 4.79 Å². The Morgan fingerprint density at radius 3 is 2.43 bits per heavy atom. The van der Waals surface area contributed by atoms with Crippen LogP contribution in [0.25, 0.3) is 0 Å². The molecule has 0 radical (unpaired) electrons. The third-order valence-electron chi connectivity index (χ3n) is 3.43. The molecule has 0 bridgehead atoms. The zero-order valence-corrected chi connectivity index (χ0v) is 13.3. The molecule has 1 heterocycles. The first-order valence-corrected chi connectivity index (χ1v) is 7.34. The molecule has 122 valence electrons. The summed E-state index contributed by atoms with van der Waals surface area (Å²) in [6.07, 6.45) is 1.30. The fourth-order valence-corrected chi connectivity index (χ4v) is 2.14. The van der Waals surface area contributed by atoms with Crippen LogP contribution in [-0.2, 0) is 6.54 Å². The van der Waals surface area contributed by atoms with Crippen molar-refractivity contribution in [3.63, 3.8) is 0 Å². The summed E-state index contributed by atoms with van der Waals surface area (Å²) >= 11 is 0. The number of rotatable bonds is 6. The van der Waals surface area contributed by atoms with E-state index in [-0.39, 0.29) is 17.4 Å². The van der Waals surface area contributed by atoms with Gasteiger partial charge in [-0.2, -0.15) is 4.73 Å². The average molecular weight is 317 g/mol. The monoisotopic (exact) mass is 317 g/mol. The van der Waals surface area contributed by atoms with Crippen molar-refractivity contribution in [3.8, 4) is 0 Å². The van der Waals surface area contributed by atoms with Crippen molar-refractivity contribution in [3.05, 3.63) is 70.9 Å². The molecule has 1 aromatic carbocycles. The lowest BCUT2D eigenvalue weighted by Gasteiger charge is -2.23. The maximum atomic E-state index is 13.0. The molecule has 6 heteroatoms. The molecule has 0 aliphatic carbocycles. The van der Waals surface area contributed by atoms with Crippen LogP contribution in [0.2, 0.25) is 0 Å². The largest absolute Gasteiger partial charge is 0.618 e. The molecule has 1 aromatic heterocycles. The molecule has 0 aliphatic rings. The third kappa shape index (κ3) is 4.75. The first-order valence-electron chi connectivity index (χ1n) is 7.34. The minimum atomic E-state index is -0.341. The number of hydrogen-bond donors (Lipinski definition) is 0. The van der Waals surface area contributed by atoms with Gasteiger partial charge in [-0.05, 0) is 37.9 Å². The fourth-order valence-electron chi connectivity index (χ4n) is 2.14. The van der Waals surface area contributed by atoms with Crippen LogP contribution in [0.15, 0.2) is 48.7 Å². The van der Waals surface area contributed by atoms with Gasteiger partial charge in [0.1, 0.15) is 5.82 Å². The van der Waals surface area contributed by atoms with Crippen LogP contribution in [-0.4, -0.2) is 42.9 Å². The molecular weight excluding hydrogens is 297 g/mol. The minimum absolute atomic E-state index is 0.0772. The molecule has 1 amide bonds. The highest BCUT2D eigenvalue weighted by Crippen LogP contribution is 2.09. The van der Waals surface area contributed by atoms with Gasteiger partial charge in [-0.15, -0.1) is 0 Å². The first kappa shape index (κ1) is 16.9. The standard InChI is InChI=1S/C17H20FN3O2/c1-19(2)11-12-20(13-14-6-8-15(18)9-7-14)17(22)16-5-3-4-10-21(16)23/h3-10H,11-13H2,1-2H3. The van der Waals surface area contributed by atoms with Crippen molar-refractivity contribution in [1.29, 1.82) is 0 Å². The summed E-state index contributed by atoms with van der Waals surface area (Å²) in [4.78, 5) is 16.2. The Balaban J connectivity index is 2.21. The van der Waals surface area contributed by atoms with E-state index in [1.54, 1.807) is 29.2 Å². The lowest BCUT2D eigenvalue weighted by molar-refractivity contribution is -0.608. The van der Waals surface area contributed by atoms with Gasteiger partial charge in [-0.25, -0.2) is 4.39 Å². The number of hydrogen-bond acceptors (Lipinski definition) is 3. The number of benzene rings is 1. The van der Waals surface area contributed by atoms with Gasteiger partial charge in [0.15, 0.2) is 6.20 Å². The zero-order chi connectivity index (χ0) is 16.8. The summed E-state index contributed by atoms with van der Waals surface area (Å²) in [6, 6.07) is 10.7. The van der Waals surface area contributed by atoms with E-state index in [1.165, 1.54) is 24.4 Å². The highest BCUT2D eigenvalue weighted by atomic mass is 19.1. The SMILES string of the molecule is CN(C)CCN(Cc1ccc(F)cc1)C(=O)c1cccc[n+]1[O-]. The second kappa shape index (κ2) is 7.69. The van der Waals surface area contributed by atoms with E-state index in [9.17, 15) is 14.4 Å². The second-order valence-electron chi connectivity index (χ2n) is 5.57. The number of carbonyl (C=O) groups excluding carboxylic acids is 1. The molecule has 0 aliphatic heterocycles. The predicted molar refractivity (Wildman–Crippen MR) is 85.1 cm³/mol. The highest BCUT2D eigenvalue weighted by Gasteiger charge is 2.22. The van der Waals surface area contributed by atoms with Crippen molar-refractivity contribution in [2.75, 3.05) is 27.2 Å². The summed E-state index contributed by atoms with van der Waals surface area (Å²) in [5, 5.41) is 11.8. The molecule has 23 heavy (non-hydrogen) atoms. The Hall–Kier alpha value is -2.47.